The van der Waals surface area contributed by atoms with Crippen molar-refractivity contribution in [3.8, 4) is 5.75 Å². The molecule has 0 amide bonds. The average Bonchev–Trinajstić information content (AvgIpc) is 3.27. The van der Waals surface area contributed by atoms with Crippen molar-refractivity contribution in [3.05, 3.63) is 29.8 Å². The van der Waals surface area contributed by atoms with Crippen molar-refractivity contribution in [2.24, 2.45) is 10.9 Å². The summed E-state index contributed by atoms with van der Waals surface area (Å²) in [5.41, 5.74) is 1.25. The molecule has 4 nitrogen and oxygen atoms in total. The van der Waals surface area contributed by atoms with E-state index in [-0.39, 0.29) is 24.0 Å². The van der Waals surface area contributed by atoms with E-state index in [1.54, 1.807) is 12.1 Å². The Morgan fingerprint density at radius 3 is 2.57 bits per heavy atom. The van der Waals surface area contributed by atoms with E-state index >= 15 is 0 Å². The predicted octanol–water partition coefficient (Wildman–Crippen LogP) is 2.91. The van der Waals surface area contributed by atoms with Gasteiger partial charge in [0.2, 0.25) is 0 Å². The first-order chi connectivity index (χ1) is 9.78. The number of benzene rings is 1. The maximum absolute atomic E-state index is 9.23. The largest absolute Gasteiger partial charge is 0.508 e. The Kier molecular flexibility index (Phi) is 8.49. The Labute approximate surface area is 144 Å². The molecule has 0 saturated heterocycles. The summed E-state index contributed by atoms with van der Waals surface area (Å²) in [6, 6.07) is 7.43. The lowest BCUT2D eigenvalue weighted by Crippen LogP contribution is -2.38. The van der Waals surface area contributed by atoms with E-state index in [0.29, 0.717) is 5.75 Å². The third-order valence-corrected chi connectivity index (χ3v) is 3.42. The molecule has 0 aromatic heterocycles. The molecule has 1 aliphatic rings. The van der Waals surface area contributed by atoms with Gasteiger partial charge in [-0.25, -0.2) is 0 Å². The average molecular weight is 403 g/mol. The molecule has 0 atom stereocenters. The van der Waals surface area contributed by atoms with Gasteiger partial charge in [0.05, 0.1) is 0 Å². The normalized spacial score (nSPS) is 14.4. The number of phenolic OH excluding ortho intramolecular Hbond substituents is 1. The van der Waals surface area contributed by atoms with Gasteiger partial charge < -0.3 is 15.7 Å². The second kappa shape index (κ2) is 9.87. The molecule has 0 aliphatic heterocycles. The number of aromatic hydroxyl groups is 1. The summed E-state index contributed by atoms with van der Waals surface area (Å²) in [5.74, 6) is 2.08. The van der Waals surface area contributed by atoms with Crippen LogP contribution in [0.4, 0.5) is 0 Å². The molecule has 1 fully saturated rings. The van der Waals surface area contributed by atoms with Crippen LogP contribution in [0.25, 0.3) is 0 Å². The van der Waals surface area contributed by atoms with E-state index in [1.807, 2.05) is 12.1 Å². The summed E-state index contributed by atoms with van der Waals surface area (Å²) in [7, 11) is 0. The minimum atomic E-state index is 0. The molecule has 118 valence electrons. The van der Waals surface area contributed by atoms with Crippen LogP contribution in [0.3, 0.4) is 0 Å². The van der Waals surface area contributed by atoms with Gasteiger partial charge in [0, 0.05) is 19.6 Å². The van der Waals surface area contributed by atoms with Crippen molar-refractivity contribution < 1.29 is 5.11 Å². The number of nitrogens with one attached hydrogen (secondary N) is 2. The number of hydrogen-bond donors (Lipinski definition) is 3. The van der Waals surface area contributed by atoms with Crippen molar-refractivity contribution >= 4 is 29.9 Å². The lowest BCUT2D eigenvalue weighted by Gasteiger charge is -2.11. The number of nitrogens with zero attached hydrogens (tertiary/aromatic N) is 1. The summed E-state index contributed by atoms with van der Waals surface area (Å²) in [4.78, 5) is 4.59. The van der Waals surface area contributed by atoms with E-state index < -0.39 is 0 Å². The number of hydrogen-bond acceptors (Lipinski definition) is 2. The molecular weight excluding hydrogens is 377 g/mol. The predicted molar refractivity (Wildman–Crippen MR) is 98.5 cm³/mol. The van der Waals surface area contributed by atoms with Crippen LogP contribution in [0, 0.1) is 5.92 Å². The van der Waals surface area contributed by atoms with Gasteiger partial charge in [-0.2, -0.15) is 0 Å². The molecule has 1 aromatic rings. The Bertz CT molecular complexity index is 430. The van der Waals surface area contributed by atoms with Crippen LogP contribution in [-0.2, 0) is 6.42 Å². The van der Waals surface area contributed by atoms with Gasteiger partial charge in [-0.05, 0) is 56.2 Å². The first-order valence-electron chi connectivity index (χ1n) is 7.58. The minimum absolute atomic E-state index is 0. The third kappa shape index (κ3) is 7.55. The second-order valence-electron chi connectivity index (χ2n) is 5.36. The molecule has 0 spiro atoms. The fraction of sp³-hybridized carbons (Fsp3) is 0.562. The Balaban J connectivity index is 0.00000220. The highest BCUT2D eigenvalue weighted by Gasteiger charge is 2.20. The van der Waals surface area contributed by atoms with Gasteiger partial charge in [0.25, 0.3) is 0 Å². The van der Waals surface area contributed by atoms with Gasteiger partial charge in [0.15, 0.2) is 5.96 Å². The quantitative estimate of drug-likeness (QED) is 0.284. The van der Waals surface area contributed by atoms with E-state index in [1.165, 1.54) is 18.4 Å². The zero-order valence-electron chi connectivity index (χ0n) is 12.6. The maximum atomic E-state index is 9.23. The molecule has 0 radical (unpaired) electrons. The van der Waals surface area contributed by atoms with E-state index in [2.05, 4.69) is 22.5 Å². The summed E-state index contributed by atoms with van der Waals surface area (Å²) >= 11 is 0. The monoisotopic (exact) mass is 403 g/mol. The molecule has 0 heterocycles. The zero-order chi connectivity index (χ0) is 14.2. The van der Waals surface area contributed by atoms with E-state index in [0.717, 1.165) is 44.4 Å². The van der Waals surface area contributed by atoms with Gasteiger partial charge in [-0.1, -0.05) is 12.1 Å². The number of halogens is 1. The first-order valence-corrected chi connectivity index (χ1v) is 7.58. The third-order valence-electron chi connectivity index (χ3n) is 3.42. The molecule has 0 bridgehead atoms. The molecule has 1 saturated carbocycles. The Morgan fingerprint density at radius 2 is 1.95 bits per heavy atom. The number of guanidine groups is 1. The molecule has 1 aromatic carbocycles. The van der Waals surface area contributed by atoms with E-state index in [9.17, 15) is 5.11 Å². The van der Waals surface area contributed by atoms with Crippen LogP contribution in [0.15, 0.2) is 29.3 Å². The van der Waals surface area contributed by atoms with Crippen LogP contribution in [0.5, 0.6) is 5.75 Å². The van der Waals surface area contributed by atoms with Crippen molar-refractivity contribution in [2.75, 3.05) is 19.6 Å². The molecule has 1 aliphatic carbocycles. The highest BCUT2D eigenvalue weighted by Crippen LogP contribution is 2.28. The Hall–Kier alpha value is -0.980. The summed E-state index contributed by atoms with van der Waals surface area (Å²) in [6.07, 6.45) is 4.74. The summed E-state index contributed by atoms with van der Waals surface area (Å²) < 4.78 is 0. The van der Waals surface area contributed by atoms with Gasteiger partial charge in [-0.15, -0.1) is 24.0 Å². The highest BCUT2D eigenvalue weighted by atomic mass is 127. The van der Waals surface area contributed by atoms with Crippen LogP contribution < -0.4 is 10.6 Å². The molecule has 0 unspecified atom stereocenters. The zero-order valence-corrected chi connectivity index (χ0v) is 15.0. The maximum Gasteiger partial charge on any atom is 0.191 e. The molecular formula is C16H26IN3O. The molecule has 2 rings (SSSR count). The van der Waals surface area contributed by atoms with Crippen molar-refractivity contribution in [3.63, 3.8) is 0 Å². The van der Waals surface area contributed by atoms with Gasteiger partial charge in [0.1, 0.15) is 5.75 Å². The molecule has 21 heavy (non-hydrogen) atoms. The number of aryl methyl sites for hydroxylation is 1. The smallest absolute Gasteiger partial charge is 0.191 e. The van der Waals surface area contributed by atoms with Crippen molar-refractivity contribution in [1.82, 2.24) is 10.6 Å². The molecule has 5 heteroatoms. The van der Waals surface area contributed by atoms with Gasteiger partial charge in [-0.3, -0.25) is 4.99 Å². The SMILES string of the molecule is CCNC(=NCC1CC1)NCCCc1ccc(O)cc1.I. The number of aliphatic imine (C=N–C) groups is 1. The number of rotatable bonds is 7. The molecule has 3 N–H and O–H groups in total. The van der Waals surface area contributed by atoms with Crippen LogP contribution in [0.1, 0.15) is 31.7 Å². The lowest BCUT2D eigenvalue weighted by molar-refractivity contribution is 0.475. The minimum Gasteiger partial charge on any atom is -0.508 e. The first kappa shape index (κ1) is 18.1. The van der Waals surface area contributed by atoms with Crippen LogP contribution in [-0.4, -0.2) is 30.7 Å². The van der Waals surface area contributed by atoms with Crippen molar-refractivity contribution in [1.29, 1.82) is 0 Å². The standard InChI is InChI=1S/C16H25N3O.HI/c1-2-17-16(19-12-14-5-6-14)18-11-3-4-13-7-9-15(20)10-8-13;/h7-10,14,20H,2-6,11-12H2,1H3,(H2,17,18,19);1H. The van der Waals surface area contributed by atoms with Gasteiger partial charge >= 0.3 is 0 Å². The van der Waals surface area contributed by atoms with Crippen LogP contribution in [0.2, 0.25) is 0 Å². The highest BCUT2D eigenvalue weighted by molar-refractivity contribution is 14.0. The van der Waals surface area contributed by atoms with Crippen LogP contribution >= 0.6 is 24.0 Å². The summed E-state index contributed by atoms with van der Waals surface area (Å²) in [5, 5.41) is 15.9. The summed E-state index contributed by atoms with van der Waals surface area (Å²) in [6.45, 7) is 4.85. The van der Waals surface area contributed by atoms with Crippen molar-refractivity contribution in [2.45, 2.75) is 32.6 Å². The fourth-order valence-electron chi connectivity index (χ4n) is 2.02. The topological polar surface area (TPSA) is 56.7 Å². The lowest BCUT2D eigenvalue weighted by atomic mass is 10.1. The second-order valence-corrected chi connectivity index (χ2v) is 5.36. The van der Waals surface area contributed by atoms with E-state index in [4.69, 9.17) is 0 Å². The Morgan fingerprint density at radius 1 is 1.24 bits per heavy atom. The fourth-order valence-corrected chi connectivity index (χ4v) is 2.02. The number of phenols is 1.